The van der Waals surface area contributed by atoms with E-state index in [1.807, 2.05) is 18.2 Å². The Morgan fingerprint density at radius 2 is 2.24 bits per heavy atom. The predicted octanol–water partition coefficient (Wildman–Crippen LogP) is 2.62. The van der Waals surface area contributed by atoms with Gasteiger partial charge in [-0.15, -0.1) is 0 Å². The highest BCUT2D eigenvalue weighted by Crippen LogP contribution is 2.25. The number of carbonyl (C=O) groups is 1. The predicted molar refractivity (Wildman–Crippen MR) is 91.1 cm³/mol. The number of aliphatic hydroxyl groups is 1. The molecule has 0 fully saturated rings. The first kappa shape index (κ1) is 18.3. The minimum absolute atomic E-state index is 0.0738. The Labute approximate surface area is 138 Å². The number of hydrogen-bond acceptors (Lipinski definition) is 4. The lowest BCUT2D eigenvalue weighted by atomic mass is 10.1. The number of rotatable bonds is 10. The lowest BCUT2D eigenvalue weighted by molar-refractivity contribution is -0.120. The summed E-state index contributed by atoms with van der Waals surface area (Å²) in [7, 11) is 1.63. The molecular formula is C15H22BrNO3S. The Bertz CT molecular complexity index is 443. The molecule has 0 saturated heterocycles. The van der Waals surface area contributed by atoms with Gasteiger partial charge in [-0.3, -0.25) is 4.79 Å². The molecule has 1 aromatic rings. The zero-order valence-corrected chi connectivity index (χ0v) is 14.6. The van der Waals surface area contributed by atoms with Crippen molar-refractivity contribution in [3.05, 3.63) is 28.2 Å². The van der Waals surface area contributed by atoms with E-state index >= 15 is 0 Å². The number of amides is 1. The minimum atomic E-state index is 0.0738. The summed E-state index contributed by atoms with van der Waals surface area (Å²) in [5.41, 5.74) is 1.11. The molecule has 6 heteroatoms. The molecule has 0 bridgehead atoms. The third kappa shape index (κ3) is 7.74. The van der Waals surface area contributed by atoms with Crippen molar-refractivity contribution in [2.45, 2.75) is 19.3 Å². The van der Waals surface area contributed by atoms with Gasteiger partial charge in [-0.05, 0) is 52.2 Å². The second-order valence-corrected chi connectivity index (χ2v) is 6.59. The zero-order chi connectivity index (χ0) is 15.5. The fourth-order valence-corrected chi connectivity index (χ4v) is 3.11. The smallest absolute Gasteiger partial charge is 0.220 e. The highest BCUT2D eigenvalue weighted by Gasteiger charge is 2.05. The molecule has 0 unspecified atom stereocenters. The van der Waals surface area contributed by atoms with Crippen LogP contribution in [0.4, 0.5) is 0 Å². The summed E-state index contributed by atoms with van der Waals surface area (Å²) in [6.45, 7) is 0.915. The molecule has 21 heavy (non-hydrogen) atoms. The van der Waals surface area contributed by atoms with Gasteiger partial charge in [-0.2, -0.15) is 11.8 Å². The highest BCUT2D eigenvalue weighted by atomic mass is 79.9. The summed E-state index contributed by atoms with van der Waals surface area (Å²) < 4.78 is 6.08. The number of methoxy groups -OCH3 is 1. The second kappa shape index (κ2) is 10.9. The Morgan fingerprint density at radius 1 is 1.43 bits per heavy atom. The molecule has 0 heterocycles. The van der Waals surface area contributed by atoms with Crippen molar-refractivity contribution in [3.63, 3.8) is 0 Å². The lowest BCUT2D eigenvalue weighted by Crippen LogP contribution is -2.26. The number of aliphatic hydroxyl groups excluding tert-OH is 1. The van der Waals surface area contributed by atoms with Crippen LogP contribution in [0.5, 0.6) is 5.75 Å². The van der Waals surface area contributed by atoms with E-state index < -0.39 is 0 Å². The molecule has 0 aromatic heterocycles. The van der Waals surface area contributed by atoms with E-state index in [9.17, 15) is 4.79 Å². The Kier molecular flexibility index (Phi) is 9.54. The third-order valence-corrected chi connectivity index (χ3v) is 4.56. The van der Waals surface area contributed by atoms with Crippen LogP contribution in [0, 0.1) is 0 Å². The summed E-state index contributed by atoms with van der Waals surface area (Å²) >= 11 is 5.19. The molecule has 0 atom stereocenters. The van der Waals surface area contributed by atoms with E-state index in [-0.39, 0.29) is 12.5 Å². The van der Waals surface area contributed by atoms with Crippen molar-refractivity contribution in [2.24, 2.45) is 0 Å². The molecule has 2 N–H and O–H groups in total. The number of hydrogen-bond donors (Lipinski definition) is 2. The van der Waals surface area contributed by atoms with E-state index in [1.165, 1.54) is 0 Å². The van der Waals surface area contributed by atoms with E-state index in [0.29, 0.717) is 19.4 Å². The number of halogens is 1. The fraction of sp³-hybridized carbons (Fsp3) is 0.533. The van der Waals surface area contributed by atoms with Crippen molar-refractivity contribution in [3.8, 4) is 5.75 Å². The standard InChI is InChI=1S/C15H22BrNO3S/c1-20-14-5-3-12(11-13(14)16)4-6-15(19)17-7-10-21-9-2-8-18/h3,5,11,18H,2,4,6-10H2,1H3,(H,17,19). The molecular weight excluding hydrogens is 354 g/mol. The maximum absolute atomic E-state index is 11.7. The van der Waals surface area contributed by atoms with Crippen molar-refractivity contribution in [1.29, 1.82) is 0 Å². The fourth-order valence-electron chi connectivity index (χ4n) is 1.74. The van der Waals surface area contributed by atoms with Gasteiger partial charge in [-0.25, -0.2) is 0 Å². The molecule has 118 valence electrons. The molecule has 0 aliphatic heterocycles. The number of carbonyl (C=O) groups excluding carboxylic acids is 1. The van der Waals surface area contributed by atoms with Gasteiger partial charge in [-0.1, -0.05) is 6.07 Å². The summed E-state index contributed by atoms with van der Waals surface area (Å²) in [5, 5.41) is 11.6. The first-order valence-corrected chi connectivity index (χ1v) is 8.90. The maximum Gasteiger partial charge on any atom is 0.220 e. The van der Waals surface area contributed by atoms with Crippen LogP contribution >= 0.6 is 27.7 Å². The van der Waals surface area contributed by atoms with Gasteiger partial charge in [0.05, 0.1) is 11.6 Å². The summed E-state index contributed by atoms with van der Waals surface area (Å²) in [6, 6.07) is 5.85. The van der Waals surface area contributed by atoms with Crippen LogP contribution < -0.4 is 10.1 Å². The van der Waals surface area contributed by atoms with Crippen LogP contribution in [0.2, 0.25) is 0 Å². The molecule has 1 amide bonds. The van der Waals surface area contributed by atoms with Crippen LogP contribution in [-0.4, -0.2) is 42.8 Å². The Balaban J connectivity index is 2.19. The highest BCUT2D eigenvalue weighted by molar-refractivity contribution is 9.10. The molecule has 0 radical (unpaired) electrons. The van der Waals surface area contributed by atoms with Gasteiger partial charge in [0.2, 0.25) is 5.91 Å². The average molecular weight is 376 g/mol. The van der Waals surface area contributed by atoms with Crippen molar-refractivity contribution < 1.29 is 14.6 Å². The van der Waals surface area contributed by atoms with Crippen LogP contribution in [0.25, 0.3) is 0 Å². The molecule has 0 spiro atoms. The first-order chi connectivity index (χ1) is 10.2. The number of aryl methyl sites for hydroxylation is 1. The number of benzene rings is 1. The molecule has 1 rings (SSSR count). The van der Waals surface area contributed by atoms with Gasteiger partial charge >= 0.3 is 0 Å². The number of thioether (sulfide) groups is 1. The van der Waals surface area contributed by atoms with Crippen molar-refractivity contribution in [1.82, 2.24) is 5.32 Å². The largest absolute Gasteiger partial charge is 0.496 e. The van der Waals surface area contributed by atoms with Gasteiger partial charge in [0.1, 0.15) is 5.75 Å². The summed E-state index contributed by atoms with van der Waals surface area (Å²) in [5.74, 6) is 2.69. The Morgan fingerprint density at radius 3 is 2.90 bits per heavy atom. The monoisotopic (exact) mass is 375 g/mol. The molecule has 4 nitrogen and oxygen atoms in total. The number of ether oxygens (including phenoxy) is 1. The average Bonchev–Trinajstić information content (AvgIpc) is 2.49. The Hall–Kier alpha value is -0.720. The molecule has 0 aliphatic rings. The van der Waals surface area contributed by atoms with Gasteiger partial charge in [0.25, 0.3) is 0 Å². The van der Waals surface area contributed by atoms with Crippen LogP contribution in [0.3, 0.4) is 0 Å². The normalized spacial score (nSPS) is 10.4. The van der Waals surface area contributed by atoms with Crippen molar-refractivity contribution in [2.75, 3.05) is 31.8 Å². The maximum atomic E-state index is 11.7. The van der Waals surface area contributed by atoms with Crippen LogP contribution in [0.15, 0.2) is 22.7 Å². The zero-order valence-electron chi connectivity index (χ0n) is 12.2. The van der Waals surface area contributed by atoms with Crippen LogP contribution in [-0.2, 0) is 11.2 Å². The van der Waals surface area contributed by atoms with Crippen LogP contribution in [0.1, 0.15) is 18.4 Å². The van der Waals surface area contributed by atoms with Gasteiger partial charge < -0.3 is 15.2 Å². The first-order valence-electron chi connectivity index (χ1n) is 6.95. The van der Waals surface area contributed by atoms with Gasteiger partial charge in [0.15, 0.2) is 0 Å². The summed E-state index contributed by atoms with van der Waals surface area (Å²) in [4.78, 5) is 11.7. The minimum Gasteiger partial charge on any atom is -0.496 e. The SMILES string of the molecule is COc1ccc(CCC(=O)NCCSCCCO)cc1Br. The molecule has 0 aliphatic carbocycles. The van der Waals surface area contributed by atoms with E-state index in [4.69, 9.17) is 9.84 Å². The van der Waals surface area contributed by atoms with E-state index in [2.05, 4.69) is 21.2 Å². The van der Waals surface area contributed by atoms with E-state index in [0.717, 1.165) is 33.7 Å². The topological polar surface area (TPSA) is 58.6 Å². The van der Waals surface area contributed by atoms with Gasteiger partial charge in [0, 0.05) is 25.3 Å². The molecule has 1 aromatic carbocycles. The lowest BCUT2D eigenvalue weighted by Gasteiger charge is -2.07. The number of nitrogens with one attached hydrogen (secondary N) is 1. The summed E-state index contributed by atoms with van der Waals surface area (Å²) in [6.07, 6.45) is 2.01. The molecule has 0 saturated carbocycles. The second-order valence-electron chi connectivity index (χ2n) is 4.51. The van der Waals surface area contributed by atoms with Crippen molar-refractivity contribution >= 4 is 33.6 Å². The van der Waals surface area contributed by atoms with E-state index in [1.54, 1.807) is 18.9 Å². The quantitative estimate of drug-likeness (QED) is 0.617. The third-order valence-electron chi connectivity index (χ3n) is 2.87.